The molecule has 1 saturated heterocycles. The van der Waals surface area contributed by atoms with Crippen LogP contribution >= 0.6 is 0 Å². The Kier molecular flexibility index (Phi) is 3.02. The molecule has 0 aromatic carbocycles. The molecule has 0 unspecified atom stereocenters. The lowest BCUT2D eigenvalue weighted by molar-refractivity contribution is -0.153. The maximum absolute atomic E-state index is 10.5. The number of aliphatic hydroxyl groups is 2. The zero-order valence-electron chi connectivity index (χ0n) is 6.77. The summed E-state index contributed by atoms with van der Waals surface area (Å²) < 4.78 is 9.70. The van der Waals surface area contributed by atoms with Crippen LogP contribution in [0.2, 0.25) is 0 Å². The van der Waals surface area contributed by atoms with Crippen molar-refractivity contribution in [3.63, 3.8) is 0 Å². The fourth-order valence-electron chi connectivity index (χ4n) is 1.16. The molecule has 0 bridgehead atoms. The molecule has 70 valence electrons. The molecule has 2 N–H and O–H groups in total. The monoisotopic (exact) mass is 176 g/mol. The molecule has 0 aliphatic carbocycles. The van der Waals surface area contributed by atoms with E-state index in [2.05, 4.69) is 0 Å². The minimum Gasteiger partial charge on any atom is -0.457 e. The third-order valence-electron chi connectivity index (χ3n) is 1.71. The lowest BCUT2D eigenvalue weighted by Crippen LogP contribution is -2.36. The van der Waals surface area contributed by atoms with Crippen LogP contribution in [0.4, 0.5) is 0 Å². The number of hydrogen-bond acceptors (Lipinski definition) is 5. The standard InChI is InChI=1S/C7H12O5/c1-4(9)12-7-5(10)3-11-6(7)2-8/h5-8,10H,2-3H2,1H3/t5-,6-,7+/m1/s1. The summed E-state index contributed by atoms with van der Waals surface area (Å²) in [5, 5.41) is 18.0. The molecule has 0 aromatic heterocycles. The van der Waals surface area contributed by atoms with Crippen molar-refractivity contribution in [3.8, 4) is 0 Å². The number of hydrogen-bond donors (Lipinski definition) is 2. The van der Waals surface area contributed by atoms with Crippen LogP contribution in [0.15, 0.2) is 0 Å². The normalized spacial score (nSPS) is 35.1. The van der Waals surface area contributed by atoms with Gasteiger partial charge in [0.1, 0.15) is 12.2 Å². The smallest absolute Gasteiger partial charge is 0.303 e. The molecule has 1 fully saturated rings. The van der Waals surface area contributed by atoms with E-state index in [0.717, 1.165) is 0 Å². The average Bonchev–Trinajstić information content (AvgIpc) is 2.32. The molecule has 0 radical (unpaired) electrons. The number of aliphatic hydroxyl groups excluding tert-OH is 2. The molecule has 3 atom stereocenters. The van der Waals surface area contributed by atoms with Gasteiger partial charge in [0.15, 0.2) is 6.10 Å². The van der Waals surface area contributed by atoms with E-state index in [1.807, 2.05) is 0 Å². The van der Waals surface area contributed by atoms with Gasteiger partial charge in [0.25, 0.3) is 0 Å². The van der Waals surface area contributed by atoms with Crippen molar-refractivity contribution >= 4 is 5.97 Å². The minimum atomic E-state index is -0.828. The first-order valence-electron chi connectivity index (χ1n) is 3.73. The van der Waals surface area contributed by atoms with Crippen LogP contribution < -0.4 is 0 Å². The van der Waals surface area contributed by atoms with Gasteiger partial charge in [-0.2, -0.15) is 0 Å². The molecule has 0 amide bonds. The molecule has 0 spiro atoms. The maximum atomic E-state index is 10.5. The Bertz CT molecular complexity index is 169. The highest BCUT2D eigenvalue weighted by Crippen LogP contribution is 2.17. The first kappa shape index (κ1) is 9.44. The Morgan fingerprint density at radius 2 is 2.42 bits per heavy atom. The van der Waals surface area contributed by atoms with Gasteiger partial charge in [-0.3, -0.25) is 4.79 Å². The highest BCUT2D eigenvalue weighted by molar-refractivity contribution is 5.66. The zero-order chi connectivity index (χ0) is 9.14. The lowest BCUT2D eigenvalue weighted by Gasteiger charge is -2.17. The topological polar surface area (TPSA) is 76.0 Å². The van der Waals surface area contributed by atoms with E-state index in [9.17, 15) is 9.90 Å². The lowest BCUT2D eigenvalue weighted by atomic mass is 10.1. The summed E-state index contributed by atoms with van der Waals surface area (Å²) in [6.07, 6.45) is -2.15. The summed E-state index contributed by atoms with van der Waals surface area (Å²) in [7, 11) is 0. The minimum absolute atomic E-state index is 0.100. The Balaban J connectivity index is 2.51. The van der Waals surface area contributed by atoms with Crippen molar-refractivity contribution in [1.29, 1.82) is 0 Å². The van der Waals surface area contributed by atoms with Crippen LogP contribution in [0.5, 0.6) is 0 Å². The molecule has 1 rings (SSSR count). The third kappa shape index (κ3) is 1.94. The molecular weight excluding hydrogens is 164 g/mol. The number of carbonyl (C=O) groups is 1. The Hall–Kier alpha value is -0.650. The Labute approximate surface area is 69.9 Å². The highest BCUT2D eigenvalue weighted by atomic mass is 16.6. The number of ether oxygens (including phenoxy) is 2. The molecule has 1 aliphatic rings. The van der Waals surface area contributed by atoms with Crippen LogP contribution in [0.3, 0.4) is 0 Å². The van der Waals surface area contributed by atoms with E-state index in [1.165, 1.54) is 6.92 Å². The van der Waals surface area contributed by atoms with E-state index >= 15 is 0 Å². The van der Waals surface area contributed by atoms with Gasteiger partial charge in [-0.1, -0.05) is 0 Å². The quantitative estimate of drug-likeness (QED) is 0.510. The van der Waals surface area contributed by atoms with Crippen LogP contribution in [-0.2, 0) is 14.3 Å². The molecule has 5 nitrogen and oxygen atoms in total. The summed E-state index contributed by atoms with van der Waals surface area (Å²) in [5.74, 6) is -0.483. The second kappa shape index (κ2) is 3.84. The second-order valence-electron chi connectivity index (χ2n) is 2.70. The molecule has 1 aliphatic heterocycles. The molecule has 1 heterocycles. The molecule has 0 aromatic rings. The van der Waals surface area contributed by atoms with E-state index in [0.29, 0.717) is 0 Å². The molecule has 5 heteroatoms. The maximum Gasteiger partial charge on any atom is 0.303 e. The highest BCUT2D eigenvalue weighted by Gasteiger charge is 2.38. The van der Waals surface area contributed by atoms with Crippen LogP contribution in [0.1, 0.15) is 6.92 Å². The number of carbonyl (C=O) groups excluding carboxylic acids is 1. The van der Waals surface area contributed by atoms with Gasteiger partial charge in [-0.25, -0.2) is 0 Å². The van der Waals surface area contributed by atoms with Gasteiger partial charge in [0.05, 0.1) is 13.2 Å². The van der Waals surface area contributed by atoms with Gasteiger partial charge >= 0.3 is 5.97 Å². The number of rotatable bonds is 2. The second-order valence-corrected chi connectivity index (χ2v) is 2.70. The van der Waals surface area contributed by atoms with Crippen molar-refractivity contribution in [1.82, 2.24) is 0 Å². The molecular formula is C7H12O5. The van der Waals surface area contributed by atoms with Gasteiger partial charge in [-0.05, 0) is 0 Å². The van der Waals surface area contributed by atoms with E-state index in [1.54, 1.807) is 0 Å². The van der Waals surface area contributed by atoms with Crippen molar-refractivity contribution < 1.29 is 24.5 Å². The van der Waals surface area contributed by atoms with E-state index in [-0.39, 0.29) is 13.2 Å². The average molecular weight is 176 g/mol. The van der Waals surface area contributed by atoms with E-state index in [4.69, 9.17) is 14.6 Å². The van der Waals surface area contributed by atoms with Crippen molar-refractivity contribution in [2.24, 2.45) is 0 Å². The van der Waals surface area contributed by atoms with Crippen molar-refractivity contribution in [2.75, 3.05) is 13.2 Å². The predicted molar refractivity (Wildman–Crippen MR) is 38.4 cm³/mol. The van der Waals surface area contributed by atoms with Gasteiger partial charge < -0.3 is 19.7 Å². The predicted octanol–water partition coefficient (Wildman–Crippen LogP) is -1.33. The molecule has 0 saturated carbocycles. The Morgan fingerprint density at radius 1 is 1.75 bits per heavy atom. The summed E-state index contributed by atoms with van der Waals surface area (Å²) in [6.45, 7) is 1.09. The molecule has 12 heavy (non-hydrogen) atoms. The first-order chi connectivity index (χ1) is 5.65. The van der Waals surface area contributed by atoms with Gasteiger partial charge in [0, 0.05) is 6.92 Å². The number of esters is 1. The first-order valence-corrected chi connectivity index (χ1v) is 3.73. The third-order valence-corrected chi connectivity index (χ3v) is 1.71. The fourth-order valence-corrected chi connectivity index (χ4v) is 1.16. The largest absolute Gasteiger partial charge is 0.457 e. The van der Waals surface area contributed by atoms with Crippen molar-refractivity contribution in [2.45, 2.75) is 25.2 Å². The summed E-state index contributed by atoms with van der Waals surface area (Å²) in [4.78, 5) is 10.5. The van der Waals surface area contributed by atoms with Crippen molar-refractivity contribution in [3.05, 3.63) is 0 Å². The van der Waals surface area contributed by atoms with Gasteiger partial charge in [-0.15, -0.1) is 0 Å². The van der Waals surface area contributed by atoms with Crippen LogP contribution in [-0.4, -0.2) is 47.7 Å². The van der Waals surface area contributed by atoms with Crippen LogP contribution in [0.25, 0.3) is 0 Å². The van der Waals surface area contributed by atoms with Gasteiger partial charge in [0.2, 0.25) is 0 Å². The summed E-state index contributed by atoms with van der Waals surface area (Å²) >= 11 is 0. The summed E-state index contributed by atoms with van der Waals surface area (Å²) in [6, 6.07) is 0. The fraction of sp³-hybridized carbons (Fsp3) is 0.857. The summed E-state index contributed by atoms with van der Waals surface area (Å²) in [5.41, 5.74) is 0. The van der Waals surface area contributed by atoms with Crippen LogP contribution in [0, 0.1) is 0 Å². The SMILES string of the molecule is CC(=O)O[C@H]1[C@H](O)CO[C@@H]1CO. The zero-order valence-corrected chi connectivity index (χ0v) is 6.77. The van der Waals surface area contributed by atoms with E-state index < -0.39 is 24.3 Å². The Morgan fingerprint density at radius 3 is 2.92 bits per heavy atom.